The first-order valence-corrected chi connectivity index (χ1v) is 5.22. The lowest BCUT2D eigenvalue weighted by molar-refractivity contribution is -0.958. The van der Waals surface area contributed by atoms with Crippen molar-refractivity contribution in [1.29, 1.82) is 0 Å². The Labute approximate surface area is 76.1 Å². The molecule has 2 heteroatoms. The van der Waals surface area contributed by atoms with E-state index in [0.29, 0.717) is 6.23 Å². The highest BCUT2D eigenvalue weighted by Crippen LogP contribution is 2.23. The molecular formula is C10H22NO+. The molecule has 0 aromatic heterocycles. The van der Waals surface area contributed by atoms with Gasteiger partial charge in [0.1, 0.15) is 0 Å². The Bertz CT molecular complexity index is 130. The van der Waals surface area contributed by atoms with Gasteiger partial charge in [0.25, 0.3) is 0 Å². The lowest BCUT2D eigenvalue weighted by atomic mass is 10.3. The number of hydrogen-bond acceptors (Lipinski definition) is 1. The fourth-order valence-corrected chi connectivity index (χ4v) is 2.30. The van der Waals surface area contributed by atoms with Crippen LogP contribution in [0.2, 0.25) is 0 Å². The molecule has 0 radical (unpaired) electrons. The molecule has 1 saturated heterocycles. The maximum absolute atomic E-state index is 5.69. The second-order valence-corrected chi connectivity index (χ2v) is 3.74. The van der Waals surface area contributed by atoms with E-state index in [1.165, 1.54) is 37.0 Å². The fourth-order valence-electron chi connectivity index (χ4n) is 2.30. The Balaban J connectivity index is 2.52. The van der Waals surface area contributed by atoms with E-state index in [1.54, 1.807) is 0 Å². The van der Waals surface area contributed by atoms with Crippen LogP contribution in [0.15, 0.2) is 0 Å². The monoisotopic (exact) mass is 172 g/mol. The van der Waals surface area contributed by atoms with E-state index in [9.17, 15) is 0 Å². The summed E-state index contributed by atoms with van der Waals surface area (Å²) in [7, 11) is 0. The molecule has 1 aliphatic heterocycles. The average molecular weight is 172 g/mol. The van der Waals surface area contributed by atoms with E-state index in [2.05, 4.69) is 20.8 Å². The van der Waals surface area contributed by atoms with Crippen LogP contribution in [0.5, 0.6) is 0 Å². The lowest BCUT2D eigenvalue weighted by Gasteiger charge is -2.38. The summed E-state index contributed by atoms with van der Waals surface area (Å²) in [6, 6.07) is 0. The minimum Gasteiger partial charge on any atom is -0.330 e. The van der Waals surface area contributed by atoms with Crippen LogP contribution in [0.1, 0.15) is 33.6 Å². The SMILES string of the molecule is CCOC(C)[N+]1(CC)CCCC1. The predicted octanol–water partition coefficient (Wildman–Crippen LogP) is 2.00. The molecule has 1 fully saturated rings. The molecule has 72 valence electrons. The Morgan fingerprint density at radius 2 is 1.83 bits per heavy atom. The van der Waals surface area contributed by atoms with Crippen molar-refractivity contribution in [3.63, 3.8) is 0 Å². The minimum atomic E-state index is 0.405. The summed E-state index contributed by atoms with van der Waals surface area (Å²) in [5, 5.41) is 0. The summed E-state index contributed by atoms with van der Waals surface area (Å²) in [5.41, 5.74) is 0. The van der Waals surface area contributed by atoms with Crippen LogP contribution in [0.4, 0.5) is 0 Å². The van der Waals surface area contributed by atoms with Gasteiger partial charge in [0.05, 0.1) is 26.2 Å². The number of rotatable bonds is 4. The smallest absolute Gasteiger partial charge is 0.190 e. The molecule has 1 unspecified atom stereocenters. The quantitative estimate of drug-likeness (QED) is 0.589. The van der Waals surface area contributed by atoms with E-state index in [0.717, 1.165) is 6.61 Å². The molecule has 0 spiro atoms. The first-order chi connectivity index (χ1) is 5.75. The average Bonchev–Trinajstić information content (AvgIpc) is 2.54. The van der Waals surface area contributed by atoms with Crippen LogP contribution in [-0.4, -0.2) is 37.0 Å². The van der Waals surface area contributed by atoms with Crippen LogP contribution >= 0.6 is 0 Å². The van der Waals surface area contributed by atoms with Crippen molar-refractivity contribution >= 4 is 0 Å². The highest BCUT2D eigenvalue weighted by Gasteiger charge is 2.35. The number of likely N-dealkylation sites (tertiary alicyclic amines) is 1. The van der Waals surface area contributed by atoms with Gasteiger partial charge in [-0.2, -0.15) is 0 Å². The normalized spacial score (nSPS) is 24.2. The molecule has 1 rings (SSSR count). The van der Waals surface area contributed by atoms with E-state index < -0.39 is 0 Å². The van der Waals surface area contributed by atoms with Gasteiger partial charge < -0.3 is 4.74 Å². The Morgan fingerprint density at radius 3 is 2.25 bits per heavy atom. The largest absolute Gasteiger partial charge is 0.330 e. The molecule has 0 aliphatic carbocycles. The summed E-state index contributed by atoms with van der Waals surface area (Å²) in [5.74, 6) is 0. The summed E-state index contributed by atoms with van der Waals surface area (Å²) in [4.78, 5) is 0. The number of quaternary nitrogens is 1. The van der Waals surface area contributed by atoms with Gasteiger partial charge in [-0.3, -0.25) is 4.48 Å². The van der Waals surface area contributed by atoms with Gasteiger partial charge in [-0.05, 0) is 13.8 Å². The van der Waals surface area contributed by atoms with Crippen LogP contribution in [0, 0.1) is 0 Å². The van der Waals surface area contributed by atoms with E-state index in [-0.39, 0.29) is 0 Å². The maximum Gasteiger partial charge on any atom is 0.190 e. The third-order valence-corrected chi connectivity index (χ3v) is 3.27. The zero-order valence-electron chi connectivity index (χ0n) is 8.68. The maximum atomic E-state index is 5.69. The molecule has 0 saturated carbocycles. The van der Waals surface area contributed by atoms with Crippen molar-refractivity contribution in [3.05, 3.63) is 0 Å². The molecule has 1 atom stereocenters. The summed E-state index contributed by atoms with van der Waals surface area (Å²) in [6.45, 7) is 11.3. The summed E-state index contributed by atoms with van der Waals surface area (Å²) >= 11 is 0. The van der Waals surface area contributed by atoms with Gasteiger partial charge in [-0.1, -0.05) is 0 Å². The van der Waals surface area contributed by atoms with Gasteiger partial charge >= 0.3 is 0 Å². The van der Waals surface area contributed by atoms with Gasteiger partial charge in [0.15, 0.2) is 6.23 Å². The molecule has 12 heavy (non-hydrogen) atoms. The van der Waals surface area contributed by atoms with Gasteiger partial charge in [-0.25, -0.2) is 0 Å². The topological polar surface area (TPSA) is 9.23 Å². The molecule has 0 aromatic carbocycles. The van der Waals surface area contributed by atoms with Crippen LogP contribution in [0.25, 0.3) is 0 Å². The van der Waals surface area contributed by atoms with E-state index in [4.69, 9.17) is 4.74 Å². The molecular weight excluding hydrogens is 150 g/mol. The molecule has 0 aromatic rings. The molecule has 1 heterocycles. The van der Waals surface area contributed by atoms with Gasteiger partial charge in [-0.15, -0.1) is 0 Å². The minimum absolute atomic E-state index is 0.405. The van der Waals surface area contributed by atoms with Crippen LogP contribution in [0.3, 0.4) is 0 Å². The fraction of sp³-hybridized carbons (Fsp3) is 1.00. The van der Waals surface area contributed by atoms with Gasteiger partial charge in [0, 0.05) is 19.8 Å². The Morgan fingerprint density at radius 1 is 1.25 bits per heavy atom. The van der Waals surface area contributed by atoms with Crippen molar-refractivity contribution < 1.29 is 9.22 Å². The third kappa shape index (κ3) is 1.80. The molecule has 0 N–H and O–H groups in total. The van der Waals surface area contributed by atoms with Crippen LogP contribution in [-0.2, 0) is 4.74 Å². The van der Waals surface area contributed by atoms with Crippen LogP contribution < -0.4 is 0 Å². The van der Waals surface area contributed by atoms with E-state index in [1.807, 2.05) is 0 Å². The molecule has 0 amide bonds. The molecule has 2 nitrogen and oxygen atoms in total. The van der Waals surface area contributed by atoms with Crippen molar-refractivity contribution in [3.8, 4) is 0 Å². The lowest BCUT2D eigenvalue weighted by Crippen LogP contribution is -2.53. The van der Waals surface area contributed by atoms with E-state index >= 15 is 0 Å². The summed E-state index contributed by atoms with van der Waals surface area (Å²) < 4.78 is 6.88. The predicted molar refractivity (Wildman–Crippen MR) is 50.9 cm³/mol. The number of nitrogens with zero attached hydrogens (tertiary/aromatic N) is 1. The second kappa shape index (κ2) is 4.24. The molecule has 1 aliphatic rings. The summed E-state index contributed by atoms with van der Waals surface area (Å²) in [6.07, 6.45) is 3.17. The second-order valence-electron chi connectivity index (χ2n) is 3.74. The number of hydrogen-bond donors (Lipinski definition) is 0. The highest BCUT2D eigenvalue weighted by molar-refractivity contribution is 4.54. The van der Waals surface area contributed by atoms with Crippen molar-refractivity contribution in [2.45, 2.75) is 39.8 Å². The zero-order valence-corrected chi connectivity index (χ0v) is 8.68. The van der Waals surface area contributed by atoms with Crippen molar-refractivity contribution in [2.24, 2.45) is 0 Å². The van der Waals surface area contributed by atoms with Gasteiger partial charge in [0.2, 0.25) is 0 Å². The van der Waals surface area contributed by atoms with Crippen molar-refractivity contribution in [1.82, 2.24) is 0 Å². The molecule has 0 bridgehead atoms. The first kappa shape index (κ1) is 10.0. The van der Waals surface area contributed by atoms with Crippen molar-refractivity contribution in [2.75, 3.05) is 26.2 Å². The zero-order chi connectivity index (χ0) is 9.03. The first-order valence-electron chi connectivity index (χ1n) is 5.22. The highest BCUT2D eigenvalue weighted by atomic mass is 16.5. The number of ether oxygens (including phenoxy) is 1. The standard InChI is InChI=1S/C10H22NO/c1-4-11(8-6-7-9-11)10(3)12-5-2/h10H,4-9H2,1-3H3/q+1. The Hall–Kier alpha value is -0.0800. The Kier molecular flexibility index (Phi) is 3.53. The third-order valence-electron chi connectivity index (χ3n) is 3.27.